The van der Waals surface area contributed by atoms with Gasteiger partial charge in [-0.25, -0.2) is 0 Å². The van der Waals surface area contributed by atoms with E-state index in [4.69, 9.17) is 0 Å². The highest BCUT2D eigenvalue weighted by atomic mass is 16.4. The Morgan fingerprint density at radius 2 is 1.53 bits per heavy atom. The summed E-state index contributed by atoms with van der Waals surface area (Å²) in [4.78, 5) is 16.2. The van der Waals surface area contributed by atoms with Crippen LogP contribution in [0.5, 0.6) is 0 Å². The number of likely N-dealkylation sites (tertiary alicyclic amines) is 2. The molecule has 1 N–H and O–H groups in total. The van der Waals surface area contributed by atoms with Crippen LogP contribution in [0.1, 0.15) is 38.5 Å². The second-order valence-corrected chi connectivity index (χ2v) is 5.54. The largest absolute Gasteiger partial charge is 0.480 e. The molecule has 0 amide bonds. The summed E-state index contributed by atoms with van der Waals surface area (Å²) >= 11 is 0. The Hall–Kier alpha value is -0.610. The summed E-state index contributed by atoms with van der Waals surface area (Å²) in [5.74, 6) is -0.604. The molecule has 0 unspecified atom stereocenters. The molecule has 2 aliphatic rings. The minimum atomic E-state index is -0.604. The summed E-state index contributed by atoms with van der Waals surface area (Å²) in [5, 5.41) is 9.66. The molecule has 2 aliphatic heterocycles. The third-order valence-corrected chi connectivity index (χ3v) is 4.42. The van der Waals surface area contributed by atoms with Crippen LogP contribution in [0, 0.1) is 0 Å². The van der Waals surface area contributed by atoms with E-state index in [2.05, 4.69) is 16.8 Å². The Morgan fingerprint density at radius 1 is 1.00 bits per heavy atom. The molecule has 0 radical (unpaired) electrons. The predicted molar refractivity (Wildman–Crippen MR) is 67.1 cm³/mol. The lowest BCUT2D eigenvalue weighted by atomic mass is 9.85. The molecule has 0 aromatic heterocycles. The van der Waals surface area contributed by atoms with Crippen molar-refractivity contribution in [2.45, 2.75) is 44.1 Å². The molecule has 2 fully saturated rings. The monoisotopic (exact) mass is 240 g/mol. The lowest BCUT2D eigenvalue weighted by Crippen LogP contribution is -2.59. The third-order valence-electron chi connectivity index (χ3n) is 4.42. The van der Waals surface area contributed by atoms with Crippen LogP contribution in [-0.4, -0.2) is 59.6 Å². The summed E-state index contributed by atoms with van der Waals surface area (Å²) < 4.78 is 0. The molecule has 0 saturated carbocycles. The lowest BCUT2D eigenvalue weighted by molar-refractivity contribution is -0.155. The maximum absolute atomic E-state index is 11.7. The number of hydrogen-bond acceptors (Lipinski definition) is 3. The Labute approximate surface area is 104 Å². The Balaban J connectivity index is 2.12. The van der Waals surface area contributed by atoms with Gasteiger partial charge in [-0.2, -0.15) is 0 Å². The SMILES string of the molecule is CN1CCC(C(=O)O)(N2CCCCCC2)CC1. The predicted octanol–water partition coefficient (Wildman–Crippen LogP) is 1.41. The van der Waals surface area contributed by atoms with Crippen LogP contribution >= 0.6 is 0 Å². The zero-order valence-electron chi connectivity index (χ0n) is 10.8. The van der Waals surface area contributed by atoms with E-state index in [1.807, 2.05) is 0 Å². The minimum absolute atomic E-state index is 0.573. The quantitative estimate of drug-likeness (QED) is 0.792. The van der Waals surface area contributed by atoms with Gasteiger partial charge in [0.2, 0.25) is 0 Å². The average molecular weight is 240 g/mol. The maximum Gasteiger partial charge on any atom is 0.324 e. The lowest BCUT2D eigenvalue weighted by Gasteiger charge is -2.45. The van der Waals surface area contributed by atoms with Crippen LogP contribution in [0.25, 0.3) is 0 Å². The van der Waals surface area contributed by atoms with Gasteiger partial charge in [-0.1, -0.05) is 12.8 Å². The van der Waals surface area contributed by atoms with Crippen LogP contribution in [0.3, 0.4) is 0 Å². The van der Waals surface area contributed by atoms with E-state index in [-0.39, 0.29) is 0 Å². The standard InChI is InChI=1S/C13H24N2O2/c1-14-10-6-13(7-11-14,12(16)17)15-8-4-2-3-5-9-15/h2-11H2,1H3,(H,16,17). The van der Waals surface area contributed by atoms with E-state index < -0.39 is 11.5 Å². The number of aliphatic carboxylic acids is 1. The third kappa shape index (κ3) is 2.63. The number of nitrogens with zero attached hydrogens (tertiary/aromatic N) is 2. The molecule has 2 rings (SSSR count). The molecule has 0 spiro atoms. The molecular weight excluding hydrogens is 216 g/mol. The van der Waals surface area contributed by atoms with Crippen molar-refractivity contribution in [3.05, 3.63) is 0 Å². The van der Waals surface area contributed by atoms with Crippen molar-refractivity contribution < 1.29 is 9.90 Å². The van der Waals surface area contributed by atoms with Crippen molar-refractivity contribution in [2.24, 2.45) is 0 Å². The molecule has 17 heavy (non-hydrogen) atoms. The van der Waals surface area contributed by atoms with Crippen LogP contribution in [-0.2, 0) is 4.79 Å². The Kier molecular flexibility index (Phi) is 4.05. The van der Waals surface area contributed by atoms with Gasteiger partial charge >= 0.3 is 5.97 Å². The van der Waals surface area contributed by atoms with E-state index >= 15 is 0 Å². The van der Waals surface area contributed by atoms with E-state index in [0.29, 0.717) is 0 Å². The first kappa shape index (κ1) is 12.8. The second-order valence-electron chi connectivity index (χ2n) is 5.54. The highest BCUT2D eigenvalue weighted by Crippen LogP contribution is 2.31. The van der Waals surface area contributed by atoms with E-state index in [9.17, 15) is 9.90 Å². The highest BCUT2D eigenvalue weighted by Gasteiger charge is 2.45. The van der Waals surface area contributed by atoms with Gasteiger partial charge in [-0.05, 0) is 45.8 Å². The first-order valence-corrected chi connectivity index (χ1v) is 6.82. The van der Waals surface area contributed by atoms with Gasteiger partial charge in [-0.3, -0.25) is 9.69 Å². The summed E-state index contributed by atoms with van der Waals surface area (Å²) in [6.45, 7) is 3.75. The molecule has 4 heteroatoms. The topological polar surface area (TPSA) is 43.8 Å². The van der Waals surface area contributed by atoms with Crippen LogP contribution in [0.15, 0.2) is 0 Å². The van der Waals surface area contributed by atoms with Gasteiger partial charge in [0.05, 0.1) is 0 Å². The zero-order valence-corrected chi connectivity index (χ0v) is 10.8. The summed E-state index contributed by atoms with van der Waals surface area (Å²) in [6.07, 6.45) is 6.38. The van der Waals surface area contributed by atoms with Crippen molar-refractivity contribution in [2.75, 3.05) is 33.2 Å². The van der Waals surface area contributed by atoms with Crippen molar-refractivity contribution >= 4 is 5.97 Å². The fourth-order valence-corrected chi connectivity index (χ4v) is 3.15. The van der Waals surface area contributed by atoms with Crippen molar-refractivity contribution in [1.29, 1.82) is 0 Å². The van der Waals surface area contributed by atoms with Gasteiger partial charge in [0.25, 0.3) is 0 Å². The summed E-state index contributed by atoms with van der Waals surface area (Å²) in [7, 11) is 2.08. The average Bonchev–Trinajstić information content (AvgIpc) is 2.59. The minimum Gasteiger partial charge on any atom is -0.480 e. The van der Waals surface area contributed by atoms with E-state index in [1.54, 1.807) is 0 Å². The normalized spacial score (nSPS) is 27.6. The van der Waals surface area contributed by atoms with Crippen LogP contribution in [0.4, 0.5) is 0 Å². The maximum atomic E-state index is 11.7. The second kappa shape index (κ2) is 5.36. The molecular formula is C13H24N2O2. The zero-order chi connectivity index (χ0) is 12.3. The number of hydrogen-bond donors (Lipinski definition) is 1. The Bertz CT molecular complexity index is 265. The molecule has 0 aromatic carbocycles. The molecule has 0 atom stereocenters. The van der Waals surface area contributed by atoms with Gasteiger partial charge in [-0.15, -0.1) is 0 Å². The smallest absolute Gasteiger partial charge is 0.324 e. The van der Waals surface area contributed by atoms with Gasteiger partial charge < -0.3 is 10.0 Å². The molecule has 0 aromatic rings. The summed E-state index contributed by atoms with van der Waals surface area (Å²) in [6, 6.07) is 0. The number of carboxylic acid groups (broad SMARTS) is 1. The fraction of sp³-hybridized carbons (Fsp3) is 0.923. The van der Waals surface area contributed by atoms with E-state index in [1.165, 1.54) is 12.8 Å². The van der Waals surface area contributed by atoms with Gasteiger partial charge in [0.1, 0.15) is 5.54 Å². The molecule has 98 valence electrons. The number of rotatable bonds is 2. The van der Waals surface area contributed by atoms with Crippen LogP contribution < -0.4 is 0 Å². The fourth-order valence-electron chi connectivity index (χ4n) is 3.15. The number of piperidine rings is 1. The van der Waals surface area contributed by atoms with Crippen molar-refractivity contribution in [3.8, 4) is 0 Å². The Morgan fingerprint density at radius 3 is 2.00 bits per heavy atom. The molecule has 0 aliphatic carbocycles. The van der Waals surface area contributed by atoms with Crippen molar-refractivity contribution in [3.63, 3.8) is 0 Å². The van der Waals surface area contributed by atoms with Gasteiger partial charge in [0, 0.05) is 13.1 Å². The van der Waals surface area contributed by atoms with E-state index in [0.717, 1.165) is 51.9 Å². The highest BCUT2D eigenvalue weighted by molar-refractivity contribution is 5.79. The first-order chi connectivity index (χ1) is 8.15. The first-order valence-electron chi connectivity index (χ1n) is 6.82. The number of carbonyl (C=O) groups is 1. The summed E-state index contributed by atoms with van der Waals surface area (Å²) in [5.41, 5.74) is -0.573. The van der Waals surface area contributed by atoms with Crippen LogP contribution in [0.2, 0.25) is 0 Å². The van der Waals surface area contributed by atoms with Crippen molar-refractivity contribution in [1.82, 2.24) is 9.80 Å². The number of carboxylic acids is 1. The van der Waals surface area contributed by atoms with Gasteiger partial charge in [0.15, 0.2) is 0 Å². The molecule has 0 bridgehead atoms. The molecule has 4 nitrogen and oxygen atoms in total. The molecule has 2 saturated heterocycles. The molecule has 2 heterocycles.